The van der Waals surface area contributed by atoms with Crippen LogP contribution in [0.25, 0.3) is 10.9 Å². The summed E-state index contributed by atoms with van der Waals surface area (Å²) in [6, 6.07) is 5.51. The lowest BCUT2D eigenvalue weighted by molar-refractivity contribution is 0.419. The highest BCUT2D eigenvalue weighted by molar-refractivity contribution is 6.34. The first-order valence-corrected chi connectivity index (χ1v) is 4.48. The molecule has 0 saturated heterocycles. The van der Waals surface area contributed by atoms with Crippen LogP contribution in [0.15, 0.2) is 18.2 Å². The Kier molecular flexibility index (Phi) is 2.10. The first kappa shape index (κ1) is 8.73. The molecule has 1 N–H and O–H groups in total. The van der Waals surface area contributed by atoms with E-state index in [-0.39, 0.29) is 0 Å². The number of hydrogen-bond acceptors (Lipinski definition) is 1. The molecule has 0 spiro atoms. The molecule has 0 radical (unpaired) electrons. The molecule has 0 aliphatic heterocycles. The van der Waals surface area contributed by atoms with Crippen molar-refractivity contribution in [3.63, 3.8) is 0 Å². The molecule has 1 aromatic carbocycles. The van der Waals surface area contributed by atoms with Crippen LogP contribution >= 0.6 is 23.2 Å². The minimum absolute atomic E-state index is 0.577. The van der Waals surface area contributed by atoms with Crippen LogP contribution < -0.4 is 4.74 Å². The van der Waals surface area contributed by atoms with Crippen LogP contribution in [0.4, 0.5) is 0 Å². The van der Waals surface area contributed by atoms with Crippen molar-refractivity contribution >= 4 is 34.1 Å². The van der Waals surface area contributed by atoms with E-state index in [0.29, 0.717) is 15.9 Å². The van der Waals surface area contributed by atoms with Gasteiger partial charge in [-0.05, 0) is 12.1 Å². The molecule has 0 aliphatic rings. The SMILES string of the molecule is COc1c(Cl)ccc2cc(Cl)[nH]c12. The maximum Gasteiger partial charge on any atom is 0.161 e. The van der Waals surface area contributed by atoms with E-state index in [9.17, 15) is 0 Å². The highest BCUT2D eigenvalue weighted by atomic mass is 35.5. The molecule has 0 atom stereocenters. The number of hydrogen-bond donors (Lipinski definition) is 1. The third-order valence-corrected chi connectivity index (χ3v) is 2.37. The summed E-state index contributed by atoms with van der Waals surface area (Å²) in [6.07, 6.45) is 0. The molecule has 1 heterocycles. The Labute approximate surface area is 85.4 Å². The molecule has 2 aromatic rings. The fourth-order valence-corrected chi connectivity index (χ4v) is 1.76. The van der Waals surface area contributed by atoms with Crippen LogP contribution in [0, 0.1) is 0 Å². The Bertz CT molecular complexity index is 450. The van der Waals surface area contributed by atoms with E-state index in [1.807, 2.05) is 12.1 Å². The smallest absolute Gasteiger partial charge is 0.161 e. The maximum atomic E-state index is 5.92. The third kappa shape index (κ3) is 1.36. The zero-order chi connectivity index (χ0) is 9.42. The average molecular weight is 216 g/mol. The number of ether oxygens (including phenoxy) is 1. The molecule has 4 heteroatoms. The molecule has 0 saturated carbocycles. The number of halogens is 2. The minimum Gasteiger partial charge on any atom is -0.493 e. The topological polar surface area (TPSA) is 25.0 Å². The van der Waals surface area contributed by atoms with Gasteiger partial charge in [-0.25, -0.2) is 0 Å². The molecule has 13 heavy (non-hydrogen) atoms. The number of aromatic amines is 1. The number of fused-ring (bicyclic) bond motifs is 1. The Hall–Kier alpha value is -0.860. The zero-order valence-corrected chi connectivity index (χ0v) is 8.41. The van der Waals surface area contributed by atoms with Crippen LogP contribution in [0.3, 0.4) is 0 Å². The monoisotopic (exact) mass is 215 g/mol. The molecule has 2 rings (SSSR count). The molecule has 2 nitrogen and oxygen atoms in total. The summed E-state index contributed by atoms with van der Waals surface area (Å²) in [6.45, 7) is 0. The number of H-pyrrole nitrogens is 1. The Morgan fingerprint density at radius 1 is 1.31 bits per heavy atom. The second-order valence-corrected chi connectivity index (χ2v) is 3.48. The van der Waals surface area contributed by atoms with Gasteiger partial charge in [0.25, 0.3) is 0 Å². The molecule has 0 fully saturated rings. The number of benzene rings is 1. The van der Waals surface area contributed by atoms with E-state index in [2.05, 4.69) is 4.98 Å². The van der Waals surface area contributed by atoms with E-state index in [1.54, 1.807) is 13.2 Å². The first-order valence-electron chi connectivity index (χ1n) is 3.73. The fraction of sp³-hybridized carbons (Fsp3) is 0.111. The van der Waals surface area contributed by atoms with Crippen LogP contribution in [0.5, 0.6) is 5.75 Å². The van der Waals surface area contributed by atoms with Gasteiger partial charge in [-0.15, -0.1) is 0 Å². The van der Waals surface area contributed by atoms with Crippen molar-refractivity contribution in [2.75, 3.05) is 7.11 Å². The summed E-state index contributed by atoms with van der Waals surface area (Å²) in [5, 5.41) is 2.15. The van der Waals surface area contributed by atoms with E-state index < -0.39 is 0 Å². The quantitative estimate of drug-likeness (QED) is 0.775. The van der Waals surface area contributed by atoms with Crippen molar-refractivity contribution in [3.05, 3.63) is 28.4 Å². The standard InChI is InChI=1S/C9H7Cl2NO/c1-13-9-6(10)3-2-5-4-7(11)12-8(5)9/h2-4,12H,1H3. The van der Waals surface area contributed by atoms with Crippen LogP contribution in [0.1, 0.15) is 0 Å². The summed E-state index contributed by atoms with van der Waals surface area (Å²) < 4.78 is 5.15. The van der Waals surface area contributed by atoms with Crippen molar-refractivity contribution in [2.24, 2.45) is 0 Å². The number of rotatable bonds is 1. The van der Waals surface area contributed by atoms with Crippen LogP contribution in [-0.4, -0.2) is 12.1 Å². The second kappa shape index (κ2) is 3.13. The lowest BCUT2D eigenvalue weighted by Crippen LogP contribution is -1.85. The van der Waals surface area contributed by atoms with Crippen molar-refractivity contribution in [2.45, 2.75) is 0 Å². The molecular weight excluding hydrogens is 209 g/mol. The highest BCUT2D eigenvalue weighted by Gasteiger charge is 2.08. The van der Waals surface area contributed by atoms with Gasteiger partial charge in [0.1, 0.15) is 5.15 Å². The van der Waals surface area contributed by atoms with Crippen LogP contribution in [0.2, 0.25) is 10.2 Å². The van der Waals surface area contributed by atoms with Gasteiger partial charge in [-0.2, -0.15) is 0 Å². The number of aromatic nitrogens is 1. The molecule has 68 valence electrons. The van der Waals surface area contributed by atoms with Gasteiger partial charge in [0, 0.05) is 5.39 Å². The first-order chi connectivity index (χ1) is 6.22. The van der Waals surface area contributed by atoms with Gasteiger partial charge in [-0.1, -0.05) is 29.3 Å². The summed E-state index contributed by atoms with van der Waals surface area (Å²) in [4.78, 5) is 2.97. The van der Waals surface area contributed by atoms with E-state index >= 15 is 0 Å². The predicted octanol–water partition coefficient (Wildman–Crippen LogP) is 3.48. The molecule has 0 amide bonds. The third-order valence-electron chi connectivity index (χ3n) is 1.87. The second-order valence-electron chi connectivity index (χ2n) is 2.66. The molecular formula is C9H7Cl2NO. The van der Waals surface area contributed by atoms with Gasteiger partial charge in [0.05, 0.1) is 17.6 Å². The van der Waals surface area contributed by atoms with E-state index in [4.69, 9.17) is 27.9 Å². The van der Waals surface area contributed by atoms with Crippen molar-refractivity contribution in [3.8, 4) is 5.75 Å². The summed E-state index contributed by atoms with van der Waals surface area (Å²) in [5.41, 5.74) is 0.833. The van der Waals surface area contributed by atoms with Gasteiger partial charge < -0.3 is 9.72 Å². The van der Waals surface area contributed by atoms with Gasteiger partial charge in [-0.3, -0.25) is 0 Å². The maximum absolute atomic E-state index is 5.92. The lowest BCUT2D eigenvalue weighted by Gasteiger charge is -2.03. The van der Waals surface area contributed by atoms with Crippen molar-refractivity contribution in [1.29, 1.82) is 0 Å². The minimum atomic E-state index is 0.577. The largest absolute Gasteiger partial charge is 0.493 e. The normalized spacial score (nSPS) is 10.7. The zero-order valence-electron chi connectivity index (χ0n) is 6.90. The predicted molar refractivity (Wildman–Crippen MR) is 54.9 cm³/mol. The summed E-state index contributed by atoms with van der Waals surface area (Å²) in [5.74, 6) is 0.631. The van der Waals surface area contributed by atoms with Crippen molar-refractivity contribution < 1.29 is 4.74 Å². The molecule has 1 aromatic heterocycles. The fourth-order valence-electron chi connectivity index (χ4n) is 1.31. The molecule has 0 bridgehead atoms. The van der Waals surface area contributed by atoms with E-state index in [1.165, 1.54) is 0 Å². The Morgan fingerprint density at radius 3 is 2.77 bits per heavy atom. The van der Waals surface area contributed by atoms with Crippen molar-refractivity contribution in [1.82, 2.24) is 4.98 Å². The molecule has 0 unspecified atom stereocenters. The van der Waals surface area contributed by atoms with Gasteiger partial charge in [0.15, 0.2) is 5.75 Å². The van der Waals surface area contributed by atoms with Gasteiger partial charge >= 0.3 is 0 Å². The molecule has 0 aliphatic carbocycles. The number of methoxy groups -OCH3 is 1. The summed E-state index contributed by atoms with van der Waals surface area (Å²) >= 11 is 11.7. The lowest BCUT2D eigenvalue weighted by atomic mass is 10.2. The Morgan fingerprint density at radius 2 is 2.08 bits per heavy atom. The summed E-state index contributed by atoms with van der Waals surface area (Å²) in [7, 11) is 1.58. The van der Waals surface area contributed by atoms with Gasteiger partial charge in [0.2, 0.25) is 0 Å². The van der Waals surface area contributed by atoms with E-state index in [0.717, 1.165) is 10.9 Å². The average Bonchev–Trinajstić information content (AvgIpc) is 2.45. The number of nitrogens with one attached hydrogen (secondary N) is 1. The van der Waals surface area contributed by atoms with Crippen LogP contribution in [-0.2, 0) is 0 Å². The highest BCUT2D eigenvalue weighted by Crippen LogP contribution is 2.33. The Balaban J connectivity index is 2.82.